The van der Waals surface area contributed by atoms with Crippen molar-refractivity contribution in [2.45, 2.75) is 161 Å². The number of anilines is 6. The first kappa shape index (κ1) is 113. The van der Waals surface area contributed by atoms with Gasteiger partial charge in [0.25, 0.3) is 35.4 Å². The molecule has 0 unspecified atom stereocenters. The SMILES string of the molecule is CN(C)CCCCC(=O)CCCC(=O)c1cc(CC(=O)c2cc(CC(=O)CCCC(=O)c3cc(CC(=O)c4cc(CC(=O)c5cc(CC(=O)CCCNC(=O)c6cc(NC(=O)c7nc(NC(=O)c8nc(NC(=O)CCNC(=O)c9nc(NC(=O)c%10nc(NC(=O)CCNC(=O)CCNC(=O)c%11ccc(NC(=O)CCCCCCC(=O)CO)cc%11)cn%10C)cn9C)cn8C)cn7C)cn6C)cn5C)cn4C)cn3C)cn2C)cn1C. The molecule has 0 aliphatic heterocycles. The Hall–Kier alpha value is -16.6. The average molecular weight is 2050 g/mol. The fourth-order valence-electron chi connectivity index (χ4n) is 17.0. The van der Waals surface area contributed by atoms with Crippen molar-refractivity contribution in [1.29, 1.82) is 0 Å². The molecule has 0 spiro atoms. The van der Waals surface area contributed by atoms with Gasteiger partial charge < -0.3 is 109 Å². The number of Topliss-reactive ketones (excluding diaryl/α,β-unsaturated/α-hetero) is 9. The highest BCUT2D eigenvalue weighted by Crippen LogP contribution is 2.26. The monoisotopic (exact) mass is 2050 g/mol. The first-order valence-electron chi connectivity index (χ1n) is 49.1. The predicted molar refractivity (Wildman–Crippen MR) is 550 cm³/mol. The predicted octanol–water partition coefficient (Wildman–Crippen LogP) is 7.69. The van der Waals surface area contributed by atoms with Gasteiger partial charge in [-0.25, -0.2) is 19.9 Å². The summed E-state index contributed by atoms with van der Waals surface area (Å²) < 4.78 is 15.2. The molecule has 11 aromatic rings. The maximum Gasteiger partial charge on any atom is 0.292 e. The zero-order chi connectivity index (χ0) is 108. The zero-order valence-electron chi connectivity index (χ0n) is 85.9. The molecule has 0 saturated carbocycles. The van der Waals surface area contributed by atoms with E-state index in [2.05, 4.69) is 78.0 Å². The van der Waals surface area contributed by atoms with E-state index in [9.17, 15) is 91.1 Å². The Morgan fingerprint density at radius 3 is 1.05 bits per heavy atom. The third kappa shape index (κ3) is 33.5. The second-order valence-electron chi connectivity index (χ2n) is 37.4. The van der Waals surface area contributed by atoms with Crippen LogP contribution in [0.2, 0.25) is 0 Å². The molecule has 149 heavy (non-hydrogen) atoms. The first-order chi connectivity index (χ1) is 71.0. The molecule has 11 N–H and O–H groups in total. The van der Waals surface area contributed by atoms with Gasteiger partial charge in [0, 0.05) is 273 Å². The van der Waals surface area contributed by atoms with E-state index in [1.807, 2.05) is 14.1 Å². The number of ketones is 9. The van der Waals surface area contributed by atoms with E-state index in [0.717, 1.165) is 32.2 Å². The summed E-state index contributed by atoms with van der Waals surface area (Å²) >= 11 is 0. The molecular formula is C104H129N25O20. The van der Waals surface area contributed by atoms with E-state index >= 15 is 0 Å². The minimum absolute atomic E-state index is 0.000218. The maximum absolute atomic E-state index is 13.8. The molecule has 0 aliphatic rings. The Morgan fingerprint density at radius 1 is 0.262 bits per heavy atom. The minimum Gasteiger partial charge on any atom is -0.389 e. The lowest BCUT2D eigenvalue weighted by Gasteiger charge is -2.08. The summed E-state index contributed by atoms with van der Waals surface area (Å²) in [5.41, 5.74) is 6.40. The van der Waals surface area contributed by atoms with Crippen LogP contribution in [0, 0.1) is 0 Å². The molecule has 0 radical (unpaired) electrons. The number of benzene rings is 1. The van der Waals surface area contributed by atoms with Gasteiger partial charge in [0.1, 0.15) is 29.7 Å². The van der Waals surface area contributed by atoms with Gasteiger partial charge >= 0.3 is 0 Å². The summed E-state index contributed by atoms with van der Waals surface area (Å²) in [7, 11) is 20.3. The molecule has 0 bridgehead atoms. The lowest BCUT2D eigenvalue weighted by atomic mass is 10.0. The van der Waals surface area contributed by atoms with E-state index in [-0.39, 0.29) is 226 Å². The number of imidazole rings is 4. The van der Waals surface area contributed by atoms with Gasteiger partial charge in [-0.05, 0) is 154 Å². The molecular weight excluding hydrogens is 1920 g/mol. The summed E-state index contributed by atoms with van der Waals surface area (Å²) in [5, 5.41) is 35.3. The lowest BCUT2D eigenvalue weighted by molar-refractivity contribution is -0.122. The number of hydrogen-bond donors (Lipinski definition) is 11. The van der Waals surface area contributed by atoms with Crippen LogP contribution in [0.25, 0.3) is 0 Å². The third-order valence-electron chi connectivity index (χ3n) is 24.6. The van der Waals surface area contributed by atoms with Crippen molar-refractivity contribution in [2.75, 3.05) is 85.3 Å². The summed E-state index contributed by atoms with van der Waals surface area (Å²) in [6, 6.07) is 16.1. The van der Waals surface area contributed by atoms with Crippen molar-refractivity contribution < 1.29 is 96.2 Å². The number of carbonyl (C=O) groups excluding carboxylic acids is 19. The number of nitrogens with one attached hydrogen (secondary N) is 10. The molecule has 0 fully saturated rings. The summed E-state index contributed by atoms with van der Waals surface area (Å²) in [6.45, 7) is 0.370. The molecule has 10 heterocycles. The molecule has 0 aliphatic carbocycles. The van der Waals surface area contributed by atoms with E-state index in [4.69, 9.17) is 5.11 Å². The van der Waals surface area contributed by atoms with Crippen LogP contribution in [0.1, 0.15) is 272 Å². The van der Waals surface area contributed by atoms with Gasteiger partial charge in [-0.3, -0.25) is 91.1 Å². The van der Waals surface area contributed by atoms with Gasteiger partial charge in [0.15, 0.2) is 58.0 Å². The minimum atomic E-state index is -0.751. The van der Waals surface area contributed by atoms with E-state index < -0.39 is 59.8 Å². The van der Waals surface area contributed by atoms with E-state index in [1.165, 1.54) is 100 Å². The third-order valence-corrected chi connectivity index (χ3v) is 24.6. The molecule has 1 aromatic carbocycles. The van der Waals surface area contributed by atoms with Gasteiger partial charge in [-0.15, -0.1) is 0 Å². The van der Waals surface area contributed by atoms with E-state index in [1.54, 1.807) is 139 Å². The van der Waals surface area contributed by atoms with Gasteiger partial charge in [0.2, 0.25) is 46.9 Å². The van der Waals surface area contributed by atoms with Crippen molar-refractivity contribution in [3.63, 3.8) is 0 Å². The molecule has 45 heteroatoms. The van der Waals surface area contributed by atoms with Crippen molar-refractivity contribution in [3.05, 3.63) is 213 Å². The Labute approximate surface area is 859 Å². The number of hydrogen-bond acceptors (Lipinski definition) is 25. The maximum atomic E-state index is 13.8. The van der Waals surface area contributed by atoms with Crippen molar-refractivity contribution >= 4 is 146 Å². The number of amides is 10. The number of aromatic nitrogens is 14. The van der Waals surface area contributed by atoms with E-state index in [0.29, 0.717) is 119 Å². The number of unbranched alkanes of at least 4 members (excludes halogenated alkanes) is 4. The van der Waals surface area contributed by atoms with Crippen LogP contribution in [0.15, 0.2) is 123 Å². The Balaban J connectivity index is 0.531. The number of rotatable bonds is 61. The molecule has 0 atom stereocenters. The number of aliphatic hydroxyl groups excluding tert-OH is 1. The van der Waals surface area contributed by atoms with Crippen LogP contribution in [0.3, 0.4) is 0 Å². The molecule has 0 saturated heterocycles. The largest absolute Gasteiger partial charge is 0.389 e. The number of carbonyl (C=O) groups is 19. The normalized spacial score (nSPS) is 11.2. The Kier molecular flexibility index (Phi) is 40.5. The van der Waals surface area contributed by atoms with Crippen LogP contribution in [-0.2, 0) is 141 Å². The number of aliphatic hydroxyl groups is 1. The molecule has 10 aromatic heterocycles. The van der Waals surface area contributed by atoms with Crippen molar-refractivity contribution in [3.8, 4) is 0 Å². The lowest BCUT2D eigenvalue weighted by Crippen LogP contribution is -2.32. The van der Waals surface area contributed by atoms with Crippen molar-refractivity contribution in [2.24, 2.45) is 70.5 Å². The molecule has 45 nitrogen and oxygen atoms in total. The fraction of sp³-hybridized carbons (Fsp3) is 0.413. The Morgan fingerprint density at radius 2 is 0.604 bits per heavy atom. The standard InChI is InChI=1S/C104H129N25O20/c1-119(2)41-18-17-22-72(131)24-19-27-82(135)76-46-66(55-120(76)3)49-84(137)78-44-64(53-122(78)5)42-73(132)25-20-28-83(136)77-47-67(56-121(77)4)50-86(139)80-48-68(57-124(80)7)51-85(138)79-45-65(54-123(79)6)43-74(133)26-21-37-106-100(145)81-52-71(58-125(81)8)110-102(147)96-116-90(62-129(96)12)118-104(149)98-114-88(60-128(98)11)112-94(143)36-40-108-101(146)95-115-89(61-126(95)9)117-103(148)97-113-87(59-127(97)10)111-93(142)35-38-105-91(140)34-39-107-99(144)69-30-32-70(33-31-69)109-92(141)29-16-14-13-15-23-75(134)63-130/h30-33,44-48,52-62,130H,13-29,34-43,49-51,63H2,1-12H3,(H,105,140)(H,106,145)(H,107,144)(H,108,146)(H,109,141)(H,110,147)(H,111,142)(H,112,143)(H,117,148)(H,118,149). The second kappa shape index (κ2) is 53.5. The van der Waals surface area contributed by atoms with Crippen LogP contribution < -0.4 is 53.2 Å². The zero-order valence-corrected chi connectivity index (χ0v) is 85.9. The second-order valence-corrected chi connectivity index (χ2v) is 37.4. The molecule has 10 amide bonds. The number of nitrogens with zero attached hydrogens (tertiary/aromatic N) is 15. The summed E-state index contributed by atoms with van der Waals surface area (Å²) in [6.07, 6.45) is 23.0. The van der Waals surface area contributed by atoms with Crippen molar-refractivity contribution in [1.82, 2.24) is 91.8 Å². The van der Waals surface area contributed by atoms with Crippen LogP contribution in [-0.4, -0.2) is 240 Å². The highest BCUT2D eigenvalue weighted by atomic mass is 16.3. The van der Waals surface area contributed by atoms with Gasteiger partial charge in [-0.2, -0.15) is 0 Å². The first-order valence-corrected chi connectivity index (χ1v) is 49.1. The quantitative estimate of drug-likeness (QED) is 0.0128. The van der Waals surface area contributed by atoms with Crippen LogP contribution in [0.5, 0.6) is 0 Å². The molecule has 11 rings (SSSR count). The highest BCUT2D eigenvalue weighted by molar-refractivity contribution is 6.07. The molecule has 790 valence electrons. The smallest absolute Gasteiger partial charge is 0.292 e. The average Bonchev–Trinajstić information content (AvgIpc) is 1.68. The van der Waals surface area contributed by atoms with Gasteiger partial charge in [0.05, 0.1) is 34.2 Å². The topological polar surface area (TPSA) is 569 Å². The number of aryl methyl sites for hydroxylation is 10. The highest BCUT2D eigenvalue weighted by Gasteiger charge is 2.28. The summed E-state index contributed by atoms with van der Waals surface area (Å²) in [4.78, 5) is 268. The van der Waals surface area contributed by atoms with Gasteiger partial charge in [-0.1, -0.05) is 12.8 Å². The Bertz CT molecular complexity index is 6840. The summed E-state index contributed by atoms with van der Waals surface area (Å²) in [5.74, 6) is -7.30. The fourth-order valence-corrected chi connectivity index (χ4v) is 17.0. The van der Waals surface area contributed by atoms with Crippen LogP contribution >= 0.6 is 0 Å². The van der Waals surface area contributed by atoms with Crippen LogP contribution in [0.4, 0.5) is 34.6 Å².